The maximum absolute atomic E-state index is 12.5. The van der Waals surface area contributed by atoms with E-state index in [-0.39, 0.29) is 5.25 Å². The van der Waals surface area contributed by atoms with E-state index < -0.39 is 10.0 Å². The highest BCUT2D eigenvalue weighted by molar-refractivity contribution is 7.89. The third kappa shape index (κ3) is 4.69. The van der Waals surface area contributed by atoms with Crippen molar-refractivity contribution in [3.63, 3.8) is 0 Å². The minimum Gasteiger partial charge on any atom is -0.315 e. The van der Waals surface area contributed by atoms with Gasteiger partial charge in [0.15, 0.2) is 0 Å². The lowest BCUT2D eigenvalue weighted by Gasteiger charge is -2.38. The standard InChI is InChI=1S/C14H31N3O2S/c1-5-7-15-12-14(4)20(18,19)17-10-8-16(9-11-17)13(3)6-2/h13-15H,5-12H2,1-4H3. The number of nitrogens with one attached hydrogen (secondary N) is 1. The lowest BCUT2D eigenvalue weighted by Crippen LogP contribution is -2.53. The number of piperazine rings is 1. The summed E-state index contributed by atoms with van der Waals surface area (Å²) in [5.41, 5.74) is 0. The van der Waals surface area contributed by atoms with E-state index in [1.165, 1.54) is 0 Å². The molecule has 20 heavy (non-hydrogen) atoms. The van der Waals surface area contributed by atoms with E-state index in [4.69, 9.17) is 0 Å². The summed E-state index contributed by atoms with van der Waals surface area (Å²) >= 11 is 0. The summed E-state index contributed by atoms with van der Waals surface area (Å²) in [5.74, 6) is 0. The maximum Gasteiger partial charge on any atom is 0.218 e. The van der Waals surface area contributed by atoms with Gasteiger partial charge in [-0.2, -0.15) is 4.31 Å². The van der Waals surface area contributed by atoms with Crippen LogP contribution < -0.4 is 5.32 Å². The van der Waals surface area contributed by atoms with Gasteiger partial charge in [-0.15, -0.1) is 0 Å². The van der Waals surface area contributed by atoms with E-state index in [1.54, 1.807) is 11.2 Å². The fourth-order valence-electron chi connectivity index (χ4n) is 2.50. The molecule has 1 rings (SSSR count). The van der Waals surface area contributed by atoms with E-state index >= 15 is 0 Å². The van der Waals surface area contributed by atoms with Crippen molar-refractivity contribution in [2.45, 2.75) is 51.8 Å². The molecule has 1 saturated heterocycles. The van der Waals surface area contributed by atoms with Crippen LogP contribution in [-0.2, 0) is 10.0 Å². The van der Waals surface area contributed by atoms with Gasteiger partial charge in [0.05, 0.1) is 5.25 Å². The van der Waals surface area contributed by atoms with Gasteiger partial charge in [-0.05, 0) is 33.2 Å². The highest BCUT2D eigenvalue weighted by atomic mass is 32.2. The normalized spacial score (nSPS) is 21.8. The number of hydrogen-bond acceptors (Lipinski definition) is 4. The van der Waals surface area contributed by atoms with E-state index in [0.29, 0.717) is 25.7 Å². The molecule has 1 heterocycles. The number of nitrogens with zero attached hydrogens (tertiary/aromatic N) is 2. The van der Waals surface area contributed by atoms with Gasteiger partial charge in [0.25, 0.3) is 0 Å². The van der Waals surface area contributed by atoms with Crippen LogP contribution in [0.1, 0.15) is 40.5 Å². The molecule has 1 N–H and O–H groups in total. The number of rotatable bonds is 8. The predicted octanol–water partition coefficient (Wildman–Crippen LogP) is 1.12. The molecule has 0 aromatic carbocycles. The molecular formula is C14H31N3O2S. The minimum absolute atomic E-state index is 0.343. The first-order valence-corrected chi connectivity index (χ1v) is 9.37. The molecule has 120 valence electrons. The molecular weight excluding hydrogens is 274 g/mol. The third-order valence-electron chi connectivity index (χ3n) is 4.21. The average Bonchev–Trinajstić information content (AvgIpc) is 2.46. The van der Waals surface area contributed by atoms with Gasteiger partial charge >= 0.3 is 0 Å². The summed E-state index contributed by atoms with van der Waals surface area (Å²) in [6.07, 6.45) is 2.14. The molecule has 1 fully saturated rings. The summed E-state index contributed by atoms with van der Waals surface area (Å²) in [6.45, 7) is 12.7. The first-order valence-electron chi connectivity index (χ1n) is 7.87. The van der Waals surface area contributed by atoms with Crippen LogP contribution in [0.2, 0.25) is 0 Å². The second kappa shape index (κ2) is 8.32. The van der Waals surface area contributed by atoms with Crippen LogP contribution in [0.15, 0.2) is 0 Å². The van der Waals surface area contributed by atoms with Crippen LogP contribution >= 0.6 is 0 Å². The summed E-state index contributed by atoms with van der Waals surface area (Å²) < 4.78 is 26.7. The predicted molar refractivity (Wildman–Crippen MR) is 84.4 cm³/mol. The third-order valence-corrected chi connectivity index (χ3v) is 6.48. The molecule has 5 nitrogen and oxygen atoms in total. The average molecular weight is 305 g/mol. The Morgan fingerprint density at radius 2 is 1.70 bits per heavy atom. The lowest BCUT2D eigenvalue weighted by atomic mass is 10.2. The van der Waals surface area contributed by atoms with Crippen LogP contribution in [0.25, 0.3) is 0 Å². The van der Waals surface area contributed by atoms with Crippen molar-refractivity contribution in [3.05, 3.63) is 0 Å². The Morgan fingerprint density at radius 1 is 1.10 bits per heavy atom. The van der Waals surface area contributed by atoms with Crippen LogP contribution in [0.5, 0.6) is 0 Å². The first-order chi connectivity index (χ1) is 9.43. The summed E-state index contributed by atoms with van der Waals surface area (Å²) in [7, 11) is -3.15. The van der Waals surface area contributed by atoms with Crippen LogP contribution in [0.4, 0.5) is 0 Å². The van der Waals surface area contributed by atoms with Gasteiger partial charge in [-0.3, -0.25) is 4.90 Å². The molecule has 1 aliphatic heterocycles. The Labute approximate surface area is 124 Å². The first kappa shape index (κ1) is 17.9. The van der Waals surface area contributed by atoms with Crippen molar-refractivity contribution in [2.24, 2.45) is 0 Å². The molecule has 2 atom stereocenters. The second-order valence-corrected chi connectivity index (χ2v) is 8.10. The smallest absolute Gasteiger partial charge is 0.218 e. The minimum atomic E-state index is -3.15. The summed E-state index contributed by atoms with van der Waals surface area (Å²) in [6, 6.07) is 0.545. The van der Waals surface area contributed by atoms with Gasteiger partial charge < -0.3 is 5.32 Å². The van der Waals surface area contributed by atoms with Crippen LogP contribution in [0, 0.1) is 0 Å². The van der Waals surface area contributed by atoms with E-state index in [1.807, 2.05) is 0 Å². The van der Waals surface area contributed by atoms with Gasteiger partial charge in [0, 0.05) is 38.8 Å². The van der Waals surface area contributed by atoms with Crippen molar-refractivity contribution in [2.75, 3.05) is 39.3 Å². The Kier molecular flexibility index (Phi) is 7.43. The Balaban J connectivity index is 2.49. The molecule has 0 bridgehead atoms. The molecule has 1 aliphatic rings. The molecule has 0 spiro atoms. The molecule has 0 radical (unpaired) electrons. The summed E-state index contributed by atoms with van der Waals surface area (Å²) in [5, 5.41) is 2.86. The molecule has 0 aliphatic carbocycles. The molecule has 0 amide bonds. The number of hydrogen-bond donors (Lipinski definition) is 1. The quantitative estimate of drug-likeness (QED) is 0.683. The van der Waals surface area contributed by atoms with Gasteiger partial charge in [-0.25, -0.2) is 8.42 Å². The van der Waals surface area contributed by atoms with E-state index in [2.05, 4.69) is 31.0 Å². The Morgan fingerprint density at radius 3 is 2.20 bits per heavy atom. The summed E-state index contributed by atoms with van der Waals surface area (Å²) in [4.78, 5) is 2.38. The fourth-order valence-corrected chi connectivity index (χ4v) is 4.01. The molecule has 2 unspecified atom stereocenters. The largest absolute Gasteiger partial charge is 0.315 e. The van der Waals surface area contributed by atoms with Crippen molar-refractivity contribution in [1.82, 2.24) is 14.5 Å². The SMILES string of the molecule is CCCNCC(C)S(=O)(=O)N1CCN(C(C)CC)CC1. The van der Waals surface area contributed by atoms with Crippen molar-refractivity contribution < 1.29 is 8.42 Å². The molecule has 0 aromatic heterocycles. The molecule has 0 aromatic rings. The number of sulfonamides is 1. The lowest BCUT2D eigenvalue weighted by molar-refractivity contribution is 0.142. The zero-order valence-corrected chi connectivity index (χ0v) is 14.2. The zero-order chi connectivity index (χ0) is 15.2. The Bertz CT molecular complexity index is 365. The van der Waals surface area contributed by atoms with E-state index in [0.717, 1.165) is 32.5 Å². The highest BCUT2D eigenvalue weighted by Crippen LogP contribution is 2.15. The molecule has 0 saturated carbocycles. The van der Waals surface area contributed by atoms with Crippen molar-refractivity contribution in [1.29, 1.82) is 0 Å². The second-order valence-electron chi connectivity index (χ2n) is 5.75. The Hall–Kier alpha value is -0.170. The zero-order valence-electron chi connectivity index (χ0n) is 13.4. The maximum atomic E-state index is 12.5. The van der Waals surface area contributed by atoms with Crippen molar-refractivity contribution >= 4 is 10.0 Å². The van der Waals surface area contributed by atoms with Crippen LogP contribution in [-0.4, -0.2) is 68.2 Å². The van der Waals surface area contributed by atoms with Gasteiger partial charge in [-0.1, -0.05) is 13.8 Å². The van der Waals surface area contributed by atoms with Gasteiger partial charge in [0.2, 0.25) is 10.0 Å². The van der Waals surface area contributed by atoms with E-state index in [9.17, 15) is 8.42 Å². The fraction of sp³-hybridized carbons (Fsp3) is 1.00. The van der Waals surface area contributed by atoms with Crippen molar-refractivity contribution in [3.8, 4) is 0 Å². The molecule has 6 heteroatoms. The van der Waals surface area contributed by atoms with Gasteiger partial charge in [0.1, 0.15) is 0 Å². The monoisotopic (exact) mass is 305 g/mol. The highest BCUT2D eigenvalue weighted by Gasteiger charge is 2.32. The topological polar surface area (TPSA) is 52.7 Å². The van der Waals surface area contributed by atoms with Crippen LogP contribution in [0.3, 0.4) is 0 Å².